The number of nitrogens with zero attached hydrogens (tertiary/aromatic N) is 1. The fourth-order valence-electron chi connectivity index (χ4n) is 0.0527. The van der Waals surface area contributed by atoms with E-state index in [1.54, 1.807) is 0 Å². The smallest absolute Gasteiger partial charge is 0.0638 e. The Morgan fingerprint density at radius 1 is 2.00 bits per heavy atom. The molecule has 0 aliphatic carbocycles. The van der Waals surface area contributed by atoms with Crippen molar-refractivity contribution in [1.82, 2.24) is 0 Å². The molecular weight excluding hydrogens is 64.0 g/mol. The maximum absolute atomic E-state index is 7.70. The molecule has 0 fully saturated rings. The maximum Gasteiger partial charge on any atom is 0.0638 e. The molecule has 27 valence electrons. The Labute approximate surface area is 31.2 Å². The van der Waals surface area contributed by atoms with Crippen molar-refractivity contribution < 1.29 is 0 Å². The van der Waals surface area contributed by atoms with Crippen LogP contribution in [0.3, 0.4) is 0 Å². The molecule has 2 N–H and O–H groups in total. The minimum Gasteiger partial charge on any atom is -0.325 e. The van der Waals surface area contributed by atoms with E-state index in [-0.39, 0.29) is 0 Å². The molecular formula is C3H5N2. The minimum absolute atomic E-state index is 0.347. The Morgan fingerprint density at radius 2 is 2.60 bits per heavy atom. The fraction of sp³-hybridized carbons (Fsp3) is 0.333. The van der Waals surface area contributed by atoms with Gasteiger partial charge in [0.2, 0.25) is 0 Å². The quantitative estimate of drug-likeness (QED) is 0.472. The first-order chi connectivity index (χ1) is 2.41. The molecule has 1 radical (unpaired) electrons. The molecule has 0 unspecified atom stereocenters. The molecule has 0 aliphatic heterocycles. The summed E-state index contributed by atoms with van der Waals surface area (Å²) < 4.78 is 0. The Kier molecular flexibility index (Phi) is 3.07. The summed E-state index contributed by atoms with van der Waals surface area (Å²) in [7, 11) is 0. The molecule has 0 heterocycles. The van der Waals surface area contributed by atoms with Crippen LogP contribution < -0.4 is 5.73 Å². The monoisotopic (exact) mass is 69.0 g/mol. The zero-order valence-electron chi connectivity index (χ0n) is 2.81. The van der Waals surface area contributed by atoms with Gasteiger partial charge in [-0.25, -0.2) is 0 Å². The second-order valence-electron chi connectivity index (χ2n) is 0.598. The first kappa shape index (κ1) is 4.45. The standard InChI is InChI=1S/C3H5N2/c4-2-1-3-5/h2H,1,4H2. The predicted octanol–water partition coefficient (Wildman–Crippen LogP) is 0.0206. The van der Waals surface area contributed by atoms with Crippen LogP contribution in [0.2, 0.25) is 0 Å². The normalized spacial score (nSPS) is 6.40. The van der Waals surface area contributed by atoms with Gasteiger partial charge in [-0.05, 0) is 0 Å². The van der Waals surface area contributed by atoms with E-state index in [1.807, 2.05) is 6.07 Å². The first-order valence-corrected chi connectivity index (χ1v) is 1.32. The van der Waals surface area contributed by atoms with Crippen LogP contribution in [-0.4, -0.2) is 0 Å². The van der Waals surface area contributed by atoms with Crippen LogP contribution in [-0.2, 0) is 0 Å². The zero-order valence-corrected chi connectivity index (χ0v) is 2.81. The van der Waals surface area contributed by atoms with Gasteiger partial charge < -0.3 is 5.73 Å². The molecule has 0 aromatic rings. The van der Waals surface area contributed by atoms with Crippen molar-refractivity contribution in [1.29, 1.82) is 5.26 Å². The van der Waals surface area contributed by atoms with Crippen molar-refractivity contribution in [2.45, 2.75) is 6.42 Å². The highest BCUT2D eigenvalue weighted by molar-refractivity contribution is 4.75. The highest BCUT2D eigenvalue weighted by Gasteiger charge is 1.66. The van der Waals surface area contributed by atoms with Crippen LogP contribution in [0.15, 0.2) is 0 Å². The summed E-state index contributed by atoms with van der Waals surface area (Å²) in [5, 5.41) is 7.70. The maximum atomic E-state index is 7.70. The van der Waals surface area contributed by atoms with E-state index in [2.05, 4.69) is 0 Å². The van der Waals surface area contributed by atoms with E-state index >= 15 is 0 Å². The van der Waals surface area contributed by atoms with Crippen LogP contribution >= 0.6 is 0 Å². The Balaban J connectivity index is 2.48. The summed E-state index contributed by atoms with van der Waals surface area (Å²) in [6.07, 6.45) is 0.347. The Bertz CT molecular complexity index is 43.3. The summed E-state index contributed by atoms with van der Waals surface area (Å²) >= 11 is 0. The third kappa shape index (κ3) is 3.45. The molecule has 0 saturated carbocycles. The first-order valence-electron chi connectivity index (χ1n) is 1.32. The predicted molar refractivity (Wildman–Crippen MR) is 18.7 cm³/mol. The van der Waals surface area contributed by atoms with Crippen molar-refractivity contribution in [3.8, 4) is 6.07 Å². The molecule has 2 nitrogen and oxygen atoms in total. The average molecular weight is 69.1 g/mol. The molecule has 0 bridgehead atoms. The highest BCUT2D eigenvalue weighted by Crippen LogP contribution is 1.66. The van der Waals surface area contributed by atoms with E-state index in [0.717, 1.165) is 0 Å². The molecule has 0 spiro atoms. The number of hydrogen-bond acceptors (Lipinski definition) is 2. The molecule has 0 aliphatic rings. The number of hydrogen-bond donors (Lipinski definition) is 1. The van der Waals surface area contributed by atoms with Gasteiger partial charge >= 0.3 is 0 Å². The third-order valence-corrected chi connectivity index (χ3v) is 0.209. The number of nitrogens with two attached hydrogens (primary N) is 1. The van der Waals surface area contributed by atoms with Gasteiger partial charge in [0.15, 0.2) is 0 Å². The van der Waals surface area contributed by atoms with Crippen molar-refractivity contribution >= 4 is 0 Å². The van der Waals surface area contributed by atoms with E-state index in [9.17, 15) is 0 Å². The van der Waals surface area contributed by atoms with Crippen LogP contribution in [0.1, 0.15) is 6.42 Å². The molecule has 0 aromatic heterocycles. The largest absolute Gasteiger partial charge is 0.325 e. The van der Waals surface area contributed by atoms with Crippen LogP contribution in [0.5, 0.6) is 0 Å². The van der Waals surface area contributed by atoms with Crippen molar-refractivity contribution in [3.05, 3.63) is 6.54 Å². The van der Waals surface area contributed by atoms with Gasteiger partial charge in [0.1, 0.15) is 0 Å². The third-order valence-electron chi connectivity index (χ3n) is 0.209. The fourth-order valence-corrected chi connectivity index (χ4v) is 0.0527. The minimum atomic E-state index is 0.347. The lowest BCUT2D eigenvalue weighted by molar-refractivity contribution is 1.17. The molecule has 0 amide bonds. The summed E-state index contributed by atoms with van der Waals surface area (Å²) in [5.41, 5.74) is 4.79. The van der Waals surface area contributed by atoms with E-state index < -0.39 is 0 Å². The van der Waals surface area contributed by atoms with Gasteiger partial charge in [0, 0.05) is 6.54 Å². The topological polar surface area (TPSA) is 49.8 Å². The lowest BCUT2D eigenvalue weighted by atomic mass is 10.5. The molecule has 0 aromatic carbocycles. The zero-order chi connectivity index (χ0) is 4.12. The van der Waals surface area contributed by atoms with Gasteiger partial charge in [-0.15, -0.1) is 0 Å². The lowest BCUT2D eigenvalue weighted by Gasteiger charge is -1.66. The summed E-state index contributed by atoms with van der Waals surface area (Å²) in [6.45, 7) is 1.32. The summed E-state index contributed by atoms with van der Waals surface area (Å²) in [4.78, 5) is 0. The van der Waals surface area contributed by atoms with Crippen LogP contribution in [0.4, 0.5) is 0 Å². The lowest BCUT2D eigenvalue weighted by Crippen LogP contribution is -1.85. The van der Waals surface area contributed by atoms with E-state index in [0.29, 0.717) is 6.42 Å². The average Bonchev–Trinajstić information content (AvgIpc) is 1.41. The molecule has 0 rings (SSSR count). The van der Waals surface area contributed by atoms with Crippen LogP contribution in [0, 0.1) is 17.9 Å². The second kappa shape index (κ2) is 3.45. The number of rotatable bonds is 1. The highest BCUT2D eigenvalue weighted by atomic mass is 14.5. The second-order valence-corrected chi connectivity index (χ2v) is 0.598. The van der Waals surface area contributed by atoms with E-state index in [1.165, 1.54) is 6.54 Å². The van der Waals surface area contributed by atoms with Crippen LogP contribution in [0.25, 0.3) is 0 Å². The summed E-state index contributed by atoms with van der Waals surface area (Å²) in [6, 6.07) is 1.84. The molecule has 2 heteroatoms. The van der Waals surface area contributed by atoms with Crippen molar-refractivity contribution in [3.63, 3.8) is 0 Å². The Hall–Kier alpha value is -0.550. The van der Waals surface area contributed by atoms with Crippen molar-refractivity contribution in [2.24, 2.45) is 5.73 Å². The molecule has 0 atom stereocenters. The summed E-state index contributed by atoms with van der Waals surface area (Å²) in [5.74, 6) is 0. The van der Waals surface area contributed by atoms with Gasteiger partial charge in [0.05, 0.1) is 12.5 Å². The molecule has 5 heavy (non-hydrogen) atoms. The molecule has 0 saturated heterocycles. The van der Waals surface area contributed by atoms with Gasteiger partial charge in [-0.2, -0.15) is 5.26 Å². The van der Waals surface area contributed by atoms with E-state index in [4.69, 9.17) is 11.0 Å². The number of nitriles is 1. The Morgan fingerprint density at radius 3 is 2.60 bits per heavy atom. The van der Waals surface area contributed by atoms with Gasteiger partial charge in [0.25, 0.3) is 0 Å². The van der Waals surface area contributed by atoms with Crippen molar-refractivity contribution in [2.75, 3.05) is 0 Å². The van der Waals surface area contributed by atoms with Gasteiger partial charge in [-0.3, -0.25) is 0 Å². The van der Waals surface area contributed by atoms with Gasteiger partial charge in [-0.1, -0.05) is 0 Å². The SMILES string of the molecule is N#CC[CH]N.